The molecule has 4 heteroatoms. The van der Waals surface area contributed by atoms with Crippen LogP contribution in [0, 0.1) is 0 Å². The molecule has 0 aliphatic heterocycles. The van der Waals surface area contributed by atoms with Crippen molar-refractivity contribution in [3.63, 3.8) is 0 Å². The molecule has 0 aliphatic carbocycles. The minimum atomic E-state index is 0.717. The first-order chi connectivity index (χ1) is 20.6. The maximum Gasteiger partial charge on any atom is 0.118 e. The molecule has 0 amide bonds. The number of halogens is 2. The zero-order valence-corrected chi connectivity index (χ0v) is 24.8. The summed E-state index contributed by atoms with van der Waals surface area (Å²) < 4.78 is 10.9. The summed E-state index contributed by atoms with van der Waals surface area (Å²) in [6.07, 6.45) is 0. The summed E-state index contributed by atoms with van der Waals surface area (Å²) in [5.74, 6) is 1.62. The van der Waals surface area contributed by atoms with E-state index < -0.39 is 0 Å². The first kappa shape index (κ1) is 27.7. The second-order valence-corrected chi connectivity index (χ2v) is 10.8. The molecule has 2 nitrogen and oxygen atoms in total. The van der Waals surface area contributed by atoms with Crippen LogP contribution in [0.2, 0.25) is 10.0 Å². The van der Waals surface area contributed by atoms with E-state index in [0.717, 1.165) is 67.1 Å². The molecule has 6 rings (SSSR count). The summed E-state index contributed by atoms with van der Waals surface area (Å²) in [7, 11) is 3.36. The average molecular weight is 588 g/mol. The molecule has 0 saturated heterocycles. The van der Waals surface area contributed by atoms with E-state index in [0.29, 0.717) is 10.0 Å². The van der Waals surface area contributed by atoms with E-state index in [9.17, 15) is 0 Å². The van der Waals surface area contributed by atoms with Gasteiger partial charge in [0.15, 0.2) is 0 Å². The maximum absolute atomic E-state index is 6.63. The van der Waals surface area contributed by atoms with E-state index in [1.54, 1.807) is 14.2 Å². The number of benzene rings is 6. The Morgan fingerprint density at radius 2 is 0.714 bits per heavy atom. The van der Waals surface area contributed by atoms with Gasteiger partial charge in [-0.2, -0.15) is 0 Å². The SMILES string of the molecule is COc1ccc(-c2cc(-c3ccccc3Cl)ccc2-c2ccc(-c3ccccc3Cl)cc2-c2ccc(OC)cc2)cc1. The van der Waals surface area contributed by atoms with Gasteiger partial charge in [0, 0.05) is 21.2 Å². The van der Waals surface area contributed by atoms with Gasteiger partial charge in [-0.15, -0.1) is 0 Å². The van der Waals surface area contributed by atoms with E-state index in [1.165, 1.54) is 0 Å². The first-order valence-corrected chi connectivity index (χ1v) is 14.4. The van der Waals surface area contributed by atoms with Crippen LogP contribution in [0.3, 0.4) is 0 Å². The quantitative estimate of drug-likeness (QED) is 0.185. The van der Waals surface area contributed by atoms with E-state index >= 15 is 0 Å². The zero-order valence-electron chi connectivity index (χ0n) is 23.3. The molecule has 0 heterocycles. The van der Waals surface area contributed by atoms with Crippen LogP contribution in [-0.4, -0.2) is 14.2 Å². The van der Waals surface area contributed by atoms with Crippen LogP contribution in [0.4, 0.5) is 0 Å². The summed E-state index contributed by atoms with van der Waals surface area (Å²) in [6, 6.07) is 45.3. The fourth-order valence-electron chi connectivity index (χ4n) is 5.30. The normalized spacial score (nSPS) is 10.9. The third kappa shape index (κ3) is 5.52. The molecule has 42 heavy (non-hydrogen) atoms. The number of rotatable bonds is 7. The van der Waals surface area contributed by atoms with Gasteiger partial charge in [-0.1, -0.05) is 108 Å². The third-order valence-corrected chi connectivity index (χ3v) is 8.16. The van der Waals surface area contributed by atoms with Crippen molar-refractivity contribution in [1.82, 2.24) is 0 Å². The number of methoxy groups -OCH3 is 2. The Kier molecular flexibility index (Phi) is 8.01. The molecular weight excluding hydrogens is 559 g/mol. The Bertz CT molecular complexity index is 1720. The number of hydrogen-bond donors (Lipinski definition) is 0. The second-order valence-electron chi connectivity index (χ2n) is 9.94. The van der Waals surface area contributed by atoms with Crippen LogP contribution in [0.25, 0.3) is 55.6 Å². The van der Waals surface area contributed by atoms with Crippen LogP contribution >= 0.6 is 23.2 Å². The van der Waals surface area contributed by atoms with Crippen LogP contribution in [0.15, 0.2) is 133 Å². The van der Waals surface area contributed by atoms with Gasteiger partial charge in [-0.05, 0) is 93.0 Å². The number of ether oxygens (including phenoxy) is 2. The standard InChI is InChI=1S/C38H28Cl2O2/c1-41-29-17-11-25(12-18-29)35-23-27(31-7-3-5-9-37(31)39)15-21-33(35)34-22-16-28(32-8-4-6-10-38(32)40)24-36(34)26-13-19-30(42-2)20-14-26/h3-24H,1-2H3. The second kappa shape index (κ2) is 12.2. The fraction of sp³-hybridized carbons (Fsp3) is 0.0526. The van der Waals surface area contributed by atoms with Crippen LogP contribution in [-0.2, 0) is 0 Å². The van der Waals surface area contributed by atoms with Crippen LogP contribution in [0.5, 0.6) is 11.5 Å². The Morgan fingerprint density at radius 3 is 1.07 bits per heavy atom. The Hall–Kier alpha value is -4.50. The fourth-order valence-corrected chi connectivity index (χ4v) is 5.79. The summed E-state index contributed by atoms with van der Waals surface area (Å²) in [5.41, 5.74) is 10.6. The van der Waals surface area contributed by atoms with Crippen molar-refractivity contribution >= 4 is 23.2 Å². The van der Waals surface area contributed by atoms with Crippen molar-refractivity contribution in [3.8, 4) is 67.1 Å². The Balaban J connectivity index is 1.60. The first-order valence-electron chi connectivity index (χ1n) is 13.6. The van der Waals surface area contributed by atoms with E-state index in [4.69, 9.17) is 32.7 Å². The molecule has 0 saturated carbocycles. The summed E-state index contributed by atoms with van der Waals surface area (Å²) in [5, 5.41) is 1.43. The van der Waals surface area contributed by atoms with Crippen LogP contribution < -0.4 is 9.47 Å². The lowest BCUT2D eigenvalue weighted by molar-refractivity contribution is 0.415. The highest BCUT2D eigenvalue weighted by Crippen LogP contribution is 2.43. The topological polar surface area (TPSA) is 18.5 Å². The zero-order chi connectivity index (χ0) is 29.1. The number of hydrogen-bond acceptors (Lipinski definition) is 2. The molecule has 0 atom stereocenters. The molecular formula is C38H28Cl2O2. The van der Waals surface area contributed by atoms with Crippen molar-refractivity contribution in [1.29, 1.82) is 0 Å². The lowest BCUT2D eigenvalue weighted by Crippen LogP contribution is -1.93. The predicted octanol–water partition coefficient (Wildman–Crippen LogP) is 11.3. The van der Waals surface area contributed by atoms with Gasteiger partial charge < -0.3 is 9.47 Å². The van der Waals surface area contributed by atoms with Gasteiger partial charge in [0.2, 0.25) is 0 Å². The molecule has 206 valence electrons. The highest BCUT2D eigenvalue weighted by Gasteiger charge is 2.17. The Morgan fingerprint density at radius 1 is 0.357 bits per heavy atom. The molecule has 6 aromatic carbocycles. The largest absolute Gasteiger partial charge is 0.497 e. The molecule has 0 spiro atoms. The monoisotopic (exact) mass is 586 g/mol. The Labute approximate surface area is 256 Å². The highest BCUT2D eigenvalue weighted by molar-refractivity contribution is 6.33. The molecule has 0 aliphatic rings. The molecule has 0 aromatic heterocycles. The van der Waals surface area contributed by atoms with Gasteiger partial charge in [0.05, 0.1) is 14.2 Å². The highest BCUT2D eigenvalue weighted by atomic mass is 35.5. The lowest BCUT2D eigenvalue weighted by Gasteiger charge is -2.18. The minimum absolute atomic E-state index is 0.717. The minimum Gasteiger partial charge on any atom is -0.497 e. The molecule has 0 bridgehead atoms. The van der Waals surface area contributed by atoms with Crippen molar-refractivity contribution in [3.05, 3.63) is 144 Å². The van der Waals surface area contributed by atoms with Crippen molar-refractivity contribution in [2.45, 2.75) is 0 Å². The predicted molar refractivity (Wildman–Crippen MR) is 177 cm³/mol. The van der Waals surface area contributed by atoms with Gasteiger partial charge in [-0.25, -0.2) is 0 Å². The van der Waals surface area contributed by atoms with Crippen LogP contribution in [0.1, 0.15) is 0 Å². The summed E-state index contributed by atoms with van der Waals surface area (Å²) in [6.45, 7) is 0. The van der Waals surface area contributed by atoms with E-state index in [2.05, 4.69) is 72.8 Å². The van der Waals surface area contributed by atoms with Gasteiger partial charge in [0.1, 0.15) is 11.5 Å². The lowest BCUT2D eigenvalue weighted by atomic mass is 9.86. The van der Waals surface area contributed by atoms with Gasteiger partial charge in [-0.3, -0.25) is 0 Å². The molecule has 0 fully saturated rings. The van der Waals surface area contributed by atoms with Gasteiger partial charge in [0.25, 0.3) is 0 Å². The van der Waals surface area contributed by atoms with Gasteiger partial charge >= 0.3 is 0 Å². The summed E-state index contributed by atoms with van der Waals surface area (Å²) in [4.78, 5) is 0. The van der Waals surface area contributed by atoms with E-state index in [-0.39, 0.29) is 0 Å². The maximum atomic E-state index is 6.63. The molecule has 6 aromatic rings. The summed E-state index contributed by atoms with van der Waals surface area (Å²) >= 11 is 13.3. The molecule has 0 N–H and O–H groups in total. The molecule has 0 radical (unpaired) electrons. The van der Waals surface area contributed by atoms with Crippen molar-refractivity contribution in [2.75, 3.05) is 14.2 Å². The van der Waals surface area contributed by atoms with Crippen molar-refractivity contribution < 1.29 is 9.47 Å². The van der Waals surface area contributed by atoms with Crippen molar-refractivity contribution in [2.24, 2.45) is 0 Å². The smallest absolute Gasteiger partial charge is 0.118 e. The third-order valence-electron chi connectivity index (χ3n) is 7.50. The van der Waals surface area contributed by atoms with E-state index in [1.807, 2.05) is 60.7 Å². The molecule has 0 unspecified atom stereocenters. The average Bonchev–Trinajstić information content (AvgIpc) is 3.05.